The molecule has 0 aliphatic rings. The molecule has 0 bridgehead atoms. The standard InChI is InChI=1S/C23H48N2O/c1-9-11-13-25(14-12-10-2)21(15-18(3)4)23(22(24)26,16-19(5)6)17-20(7)8/h18-21H,9-17H2,1-8H3,(H2,24,26). The molecule has 0 fully saturated rings. The third kappa shape index (κ3) is 8.41. The van der Waals surface area contributed by atoms with E-state index in [4.69, 9.17) is 5.73 Å². The first-order valence-electron chi connectivity index (χ1n) is 11.1. The van der Waals surface area contributed by atoms with Crippen LogP contribution in [0.25, 0.3) is 0 Å². The molecule has 1 atom stereocenters. The molecule has 0 aliphatic heterocycles. The maximum absolute atomic E-state index is 13.0. The Morgan fingerprint density at radius 1 is 0.846 bits per heavy atom. The zero-order chi connectivity index (χ0) is 20.3. The fraction of sp³-hybridized carbons (Fsp3) is 0.957. The Morgan fingerprint density at radius 2 is 1.27 bits per heavy atom. The van der Waals surface area contributed by atoms with Crippen molar-refractivity contribution < 1.29 is 4.79 Å². The van der Waals surface area contributed by atoms with Crippen LogP contribution in [0, 0.1) is 23.2 Å². The maximum Gasteiger partial charge on any atom is 0.225 e. The molecule has 0 aromatic rings. The molecule has 3 heteroatoms. The maximum atomic E-state index is 13.0. The zero-order valence-corrected chi connectivity index (χ0v) is 19.1. The van der Waals surface area contributed by atoms with Gasteiger partial charge in [0.05, 0.1) is 5.41 Å². The zero-order valence-electron chi connectivity index (χ0n) is 19.1. The van der Waals surface area contributed by atoms with E-state index < -0.39 is 5.41 Å². The first-order valence-corrected chi connectivity index (χ1v) is 11.1. The lowest BCUT2D eigenvalue weighted by atomic mass is 9.66. The highest BCUT2D eigenvalue weighted by Crippen LogP contribution is 2.42. The van der Waals surface area contributed by atoms with Crippen LogP contribution in [0.2, 0.25) is 0 Å². The summed E-state index contributed by atoms with van der Waals surface area (Å²) in [4.78, 5) is 15.6. The van der Waals surface area contributed by atoms with Gasteiger partial charge in [-0.15, -0.1) is 0 Å². The van der Waals surface area contributed by atoms with E-state index in [1.807, 2.05) is 0 Å². The molecule has 3 nitrogen and oxygen atoms in total. The van der Waals surface area contributed by atoms with Gasteiger partial charge in [0, 0.05) is 6.04 Å². The molecule has 0 radical (unpaired) electrons. The number of nitrogens with two attached hydrogens (primary N) is 1. The lowest BCUT2D eigenvalue weighted by molar-refractivity contribution is -0.136. The Kier molecular flexibility index (Phi) is 12.5. The summed E-state index contributed by atoms with van der Waals surface area (Å²) in [6.45, 7) is 20.1. The van der Waals surface area contributed by atoms with Crippen molar-refractivity contribution in [1.82, 2.24) is 4.90 Å². The SMILES string of the molecule is CCCCN(CCCC)C(CC(C)C)C(CC(C)C)(CC(C)C)C(N)=O. The summed E-state index contributed by atoms with van der Waals surface area (Å²) in [6.07, 6.45) is 7.60. The summed E-state index contributed by atoms with van der Waals surface area (Å²) < 4.78 is 0. The van der Waals surface area contributed by atoms with Gasteiger partial charge in [0.2, 0.25) is 5.91 Å². The molecule has 0 saturated carbocycles. The summed E-state index contributed by atoms with van der Waals surface area (Å²) in [7, 11) is 0. The molecule has 1 unspecified atom stereocenters. The third-order valence-electron chi connectivity index (χ3n) is 5.41. The molecule has 0 heterocycles. The van der Waals surface area contributed by atoms with Gasteiger partial charge in [-0.2, -0.15) is 0 Å². The van der Waals surface area contributed by atoms with E-state index in [0.29, 0.717) is 17.8 Å². The molecule has 0 aromatic carbocycles. The van der Waals surface area contributed by atoms with E-state index in [1.165, 1.54) is 25.7 Å². The summed E-state index contributed by atoms with van der Waals surface area (Å²) >= 11 is 0. The number of hydrogen-bond acceptors (Lipinski definition) is 2. The molecular weight excluding hydrogens is 320 g/mol. The van der Waals surface area contributed by atoms with Gasteiger partial charge in [0.25, 0.3) is 0 Å². The Balaban J connectivity index is 6.06. The Bertz CT molecular complexity index is 358. The molecule has 1 amide bonds. The monoisotopic (exact) mass is 368 g/mol. The van der Waals surface area contributed by atoms with Crippen molar-refractivity contribution in [3.05, 3.63) is 0 Å². The Hall–Kier alpha value is -0.570. The molecule has 0 spiro atoms. The number of unbranched alkanes of at least 4 members (excludes halogenated alkanes) is 2. The lowest BCUT2D eigenvalue weighted by Crippen LogP contribution is -2.56. The van der Waals surface area contributed by atoms with E-state index in [9.17, 15) is 4.79 Å². The van der Waals surface area contributed by atoms with Gasteiger partial charge < -0.3 is 5.73 Å². The van der Waals surface area contributed by atoms with Crippen LogP contribution < -0.4 is 5.73 Å². The average Bonchev–Trinajstić information content (AvgIpc) is 2.51. The van der Waals surface area contributed by atoms with Crippen LogP contribution in [0.4, 0.5) is 0 Å². The van der Waals surface area contributed by atoms with Crippen LogP contribution in [0.5, 0.6) is 0 Å². The van der Waals surface area contributed by atoms with Crippen molar-refractivity contribution >= 4 is 5.91 Å². The lowest BCUT2D eigenvalue weighted by Gasteiger charge is -2.47. The van der Waals surface area contributed by atoms with Crippen molar-refractivity contribution in [2.24, 2.45) is 28.9 Å². The first-order chi connectivity index (χ1) is 12.1. The molecule has 0 rings (SSSR count). The van der Waals surface area contributed by atoms with Gasteiger partial charge in [-0.05, 0) is 62.9 Å². The van der Waals surface area contributed by atoms with Crippen LogP contribution in [-0.2, 0) is 4.79 Å². The van der Waals surface area contributed by atoms with Gasteiger partial charge in [0.15, 0.2) is 0 Å². The second-order valence-corrected chi connectivity index (χ2v) is 9.60. The predicted molar refractivity (Wildman–Crippen MR) is 115 cm³/mol. The molecule has 26 heavy (non-hydrogen) atoms. The smallest absolute Gasteiger partial charge is 0.225 e. The van der Waals surface area contributed by atoms with Crippen molar-refractivity contribution in [2.45, 2.75) is 106 Å². The first kappa shape index (κ1) is 25.4. The molecule has 2 N–H and O–H groups in total. The van der Waals surface area contributed by atoms with Crippen molar-refractivity contribution in [1.29, 1.82) is 0 Å². The second kappa shape index (κ2) is 12.8. The van der Waals surface area contributed by atoms with Crippen LogP contribution >= 0.6 is 0 Å². The molecule has 156 valence electrons. The third-order valence-corrected chi connectivity index (χ3v) is 5.41. The highest BCUT2D eigenvalue weighted by atomic mass is 16.1. The van der Waals surface area contributed by atoms with Gasteiger partial charge in [-0.1, -0.05) is 68.2 Å². The van der Waals surface area contributed by atoms with Gasteiger partial charge in [0.1, 0.15) is 0 Å². The number of nitrogens with zero attached hydrogens (tertiary/aromatic N) is 1. The quantitative estimate of drug-likeness (QED) is 0.393. The molecule has 0 aliphatic carbocycles. The van der Waals surface area contributed by atoms with E-state index in [-0.39, 0.29) is 11.9 Å². The van der Waals surface area contributed by atoms with Crippen LogP contribution in [0.3, 0.4) is 0 Å². The Labute approximate surface area is 164 Å². The summed E-state index contributed by atoms with van der Waals surface area (Å²) in [5.41, 5.74) is 5.75. The number of amides is 1. The topological polar surface area (TPSA) is 46.3 Å². The normalized spacial score (nSPS) is 14.0. The number of rotatable bonds is 15. The van der Waals surface area contributed by atoms with Gasteiger partial charge in [-0.25, -0.2) is 0 Å². The van der Waals surface area contributed by atoms with E-state index in [0.717, 1.165) is 32.4 Å². The predicted octanol–water partition coefficient (Wildman–Crippen LogP) is 5.87. The average molecular weight is 369 g/mol. The number of carbonyl (C=O) groups is 1. The van der Waals surface area contributed by atoms with Crippen molar-refractivity contribution in [2.75, 3.05) is 13.1 Å². The highest BCUT2D eigenvalue weighted by Gasteiger charge is 2.47. The number of hydrogen-bond donors (Lipinski definition) is 1. The second-order valence-electron chi connectivity index (χ2n) is 9.60. The fourth-order valence-electron chi connectivity index (χ4n) is 4.49. The van der Waals surface area contributed by atoms with Crippen LogP contribution in [0.1, 0.15) is 100 Å². The minimum atomic E-state index is -0.423. The van der Waals surface area contributed by atoms with E-state index >= 15 is 0 Å². The van der Waals surface area contributed by atoms with E-state index in [1.54, 1.807) is 0 Å². The fourth-order valence-corrected chi connectivity index (χ4v) is 4.49. The minimum Gasteiger partial charge on any atom is -0.369 e. The van der Waals surface area contributed by atoms with Crippen LogP contribution in [-0.4, -0.2) is 29.9 Å². The molecule has 0 saturated heterocycles. The number of carbonyl (C=O) groups excluding carboxylic acids is 1. The van der Waals surface area contributed by atoms with Crippen molar-refractivity contribution in [3.8, 4) is 0 Å². The largest absolute Gasteiger partial charge is 0.369 e. The number of primary amides is 1. The summed E-state index contributed by atoms with van der Waals surface area (Å²) in [5.74, 6) is 1.41. The summed E-state index contributed by atoms with van der Waals surface area (Å²) in [6, 6.07) is 0.253. The Morgan fingerprint density at radius 3 is 1.54 bits per heavy atom. The minimum absolute atomic E-state index is 0.0800. The summed E-state index contributed by atoms with van der Waals surface area (Å²) in [5, 5.41) is 0. The van der Waals surface area contributed by atoms with Gasteiger partial charge >= 0.3 is 0 Å². The molecular formula is C23H48N2O. The van der Waals surface area contributed by atoms with Gasteiger partial charge in [-0.3, -0.25) is 9.69 Å². The van der Waals surface area contributed by atoms with Crippen LogP contribution in [0.15, 0.2) is 0 Å². The van der Waals surface area contributed by atoms with E-state index in [2.05, 4.69) is 60.3 Å². The molecule has 0 aromatic heterocycles. The highest BCUT2D eigenvalue weighted by molar-refractivity contribution is 5.81. The van der Waals surface area contributed by atoms with Crippen molar-refractivity contribution in [3.63, 3.8) is 0 Å².